The molecule has 0 aromatic carbocycles. The first-order valence-corrected chi connectivity index (χ1v) is 12.5. The van der Waals surface area contributed by atoms with Gasteiger partial charge >= 0.3 is 5.97 Å². The van der Waals surface area contributed by atoms with Crippen molar-refractivity contribution in [2.75, 3.05) is 7.11 Å². The predicted octanol–water partition coefficient (Wildman–Crippen LogP) is 8.56. The highest BCUT2D eigenvalue weighted by atomic mass is 16.5. The van der Waals surface area contributed by atoms with Crippen LogP contribution in [0.3, 0.4) is 0 Å². The lowest BCUT2D eigenvalue weighted by atomic mass is 9.69. The molecule has 0 saturated carbocycles. The normalized spacial score (nSPS) is 19.8. The van der Waals surface area contributed by atoms with Gasteiger partial charge < -0.3 is 4.74 Å². The molecular weight excluding hydrogens is 356 g/mol. The van der Waals surface area contributed by atoms with E-state index in [1.807, 2.05) is 0 Å². The maximum Gasteiger partial charge on any atom is 0.309 e. The molecule has 2 heteroatoms. The largest absolute Gasteiger partial charge is 0.469 e. The Morgan fingerprint density at radius 2 is 1.41 bits per heavy atom. The number of hydrogen-bond donors (Lipinski definition) is 0. The highest BCUT2D eigenvalue weighted by molar-refractivity contribution is 5.73. The molecule has 2 atom stereocenters. The van der Waals surface area contributed by atoms with E-state index in [1.165, 1.54) is 96.2 Å². The van der Waals surface area contributed by atoms with Crippen LogP contribution in [0.15, 0.2) is 23.8 Å². The number of ether oxygens (including phenoxy) is 1. The summed E-state index contributed by atoms with van der Waals surface area (Å²) >= 11 is 0. The Morgan fingerprint density at radius 1 is 0.931 bits per heavy atom. The summed E-state index contributed by atoms with van der Waals surface area (Å²) in [7, 11) is 1.53. The van der Waals surface area contributed by atoms with Gasteiger partial charge in [-0.25, -0.2) is 0 Å². The zero-order valence-corrected chi connectivity index (χ0v) is 19.9. The smallest absolute Gasteiger partial charge is 0.309 e. The van der Waals surface area contributed by atoms with E-state index in [0.717, 1.165) is 19.3 Å². The minimum absolute atomic E-state index is 0.0234. The molecule has 0 aliphatic heterocycles. The molecule has 0 spiro atoms. The van der Waals surface area contributed by atoms with Gasteiger partial charge in [-0.3, -0.25) is 4.79 Å². The van der Waals surface area contributed by atoms with Crippen molar-refractivity contribution in [2.45, 2.75) is 124 Å². The molecule has 2 unspecified atom stereocenters. The molecule has 0 aromatic rings. The minimum Gasteiger partial charge on any atom is -0.469 e. The van der Waals surface area contributed by atoms with Crippen molar-refractivity contribution in [3.8, 4) is 0 Å². The molecule has 0 aromatic heterocycles. The van der Waals surface area contributed by atoms with E-state index in [2.05, 4.69) is 39.0 Å². The third-order valence-electron chi connectivity index (χ3n) is 6.65. The monoisotopic (exact) mass is 404 g/mol. The Balaban J connectivity index is 2.09. The van der Waals surface area contributed by atoms with Gasteiger partial charge in [-0.1, -0.05) is 128 Å². The average molecular weight is 405 g/mol. The van der Waals surface area contributed by atoms with Gasteiger partial charge in [0, 0.05) is 5.41 Å². The first-order chi connectivity index (χ1) is 14.0. The van der Waals surface area contributed by atoms with Crippen molar-refractivity contribution in [3.63, 3.8) is 0 Å². The van der Waals surface area contributed by atoms with E-state index in [-0.39, 0.29) is 17.3 Å². The van der Waals surface area contributed by atoms with E-state index in [4.69, 9.17) is 4.74 Å². The van der Waals surface area contributed by atoms with E-state index < -0.39 is 0 Å². The Morgan fingerprint density at radius 3 is 1.86 bits per heavy atom. The quantitative estimate of drug-likeness (QED) is 0.179. The number of rotatable bonds is 17. The maximum absolute atomic E-state index is 12.4. The first-order valence-electron chi connectivity index (χ1n) is 12.5. The lowest BCUT2D eigenvalue weighted by Crippen LogP contribution is -2.34. The number of carbonyl (C=O) groups excluding carboxylic acids is 1. The van der Waals surface area contributed by atoms with Crippen LogP contribution >= 0.6 is 0 Å². The van der Waals surface area contributed by atoms with Crippen LogP contribution in [-0.4, -0.2) is 13.1 Å². The third kappa shape index (κ3) is 11.1. The van der Waals surface area contributed by atoms with Gasteiger partial charge in [0.15, 0.2) is 0 Å². The van der Waals surface area contributed by atoms with Crippen LogP contribution < -0.4 is 0 Å². The van der Waals surface area contributed by atoms with Crippen LogP contribution in [0.5, 0.6) is 0 Å². The lowest BCUT2D eigenvalue weighted by molar-refractivity contribution is -0.149. The standard InChI is InChI=1S/C27H48O2/c1-5-6-7-8-9-10-11-12-13-14-15-16-17-18-21-25(26(28)29-4)27(3)22-19-20-24(2)23-27/h19-20,22,25H,5-18,21,23H2,1-4H3. The van der Waals surface area contributed by atoms with Crippen molar-refractivity contribution in [1.29, 1.82) is 0 Å². The molecule has 0 saturated heterocycles. The van der Waals surface area contributed by atoms with Gasteiger partial charge in [-0.05, 0) is 19.8 Å². The summed E-state index contributed by atoms with van der Waals surface area (Å²) in [4.78, 5) is 12.4. The molecule has 0 radical (unpaired) electrons. The number of methoxy groups -OCH3 is 1. The van der Waals surface area contributed by atoms with Crippen molar-refractivity contribution in [1.82, 2.24) is 0 Å². The number of carbonyl (C=O) groups is 1. The zero-order valence-electron chi connectivity index (χ0n) is 19.9. The van der Waals surface area contributed by atoms with Gasteiger partial charge in [-0.2, -0.15) is 0 Å². The highest BCUT2D eigenvalue weighted by Crippen LogP contribution is 2.41. The van der Waals surface area contributed by atoms with Gasteiger partial charge in [0.1, 0.15) is 0 Å². The Kier molecular flexibility index (Phi) is 14.1. The average Bonchev–Trinajstić information content (AvgIpc) is 2.70. The SMILES string of the molecule is CCCCCCCCCCCCCCCCC(C(=O)OC)C1(C)C=CC=C(C)C1. The fourth-order valence-corrected chi connectivity index (χ4v) is 4.79. The summed E-state index contributed by atoms with van der Waals surface area (Å²) in [6, 6.07) is 0. The minimum atomic E-state index is -0.0948. The number of allylic oxidation sites excluding steroid dienone is 4. The first kappa shape index (κ1) is 26.0. The third-order valence-corrected chi connectivity index (χ3v) is 6.65. The zero-order chi connectivity index (χ0) is 21.4. The summed E-state index contributed by atoms with van der Waals surface area (Å²) in [5.41, 5.74) is 1.26. The van der Waals surface area contributed by atoms with Crippen LogP contribution in [0, 0.1) is 11.3 Å². The number of hydrogen-bond acceptors (Lipinski definition) is 2. The molecule has 1 rings (SSSR count). The van der Waals surface area contributed by atoms with Crippen molar-refractivity contribution < 1.29 is 9.53 Å². The topological polar surface area (TPSA) is 26.3 Å². The van der Waals surface area contributed by atoms with Gasteiger partial charge in [0.2, 0.25) is 0 Å². The van der Waals surface area contributed by atoms with Crippen molar-refractivity contribution in [2.24, 2.45) is 11.3 Å². The summed E-state index contributed by atoms with van der Waals surface area (Å²) in [5.74, 6) is -0.0636. The van der Waals surface area contributed by atoms with Crippen LogP contribution in [-0.2, 0) is 9.53 Å². The Bertz CT molecular complexity index is 491. The Labute approximate surface area is 181 Å². The van der Waals surface area contributed by atoms with Gasteiger partial charge in [-0.15, -0.1) is 0 Å². The summed E-state index contributed by atoms with van der Waals surface area (Å²) in [6.45, 7) is 6.65. The van der Waals surface area contributed by atoms with Gasteiger partial charge in [0.25, 0.3) is 0 Å². The van der Waals surface area contributed by atoms with Crippen molar-refractivity contribution >= 4 is 5.97 Å². The van der Waals surface area contributed by atoms with Crippen molar-refractivity contribution in [3.05, 3.63) is 23.8 Å². The van der Waals surface area contributed by atoms with E-state index in [9.17, 15) is 4.79 Å². The van der Waals surface area contributed by atoms with Crippen LogP contribution in [0.1, 0.15) is 124 Å². The number of unbranched alkanes of at least 4 members (excludes halogenated alkanes) is 13. The predicted molar refractivity (Wildman–Crippen MR) is 126 cm³/mol. The number of esters is 1. The Hall–Kier alpha value is -1.05. The van der Waals surface area contributed by atoms with Crippen LogP contribution in [0.4, 0.5) is 0 Å². The molecular formula is C27H48O2. The second kappa shape index (κ2) is 15.7. The fraction of sp³-hybridized carbons (Fsp3) is 0.815. The molecule has 0 bridgehead atoms. The molecule has 1 aliphatic rings. The van der Waals surface area contributed by atoms with Crippen LogP contribution in [0.2, 0.25) is 0 Å². The molecule has 2 nitrogen and oxygen atoms in total. The summed E-state index contributed by atoms with van der Waals surface area (Å²) < 4.78 is 5.14. The van der Waals surface area contributed by atoms with Crippen LogP contribution in [0.25, 0.3) is 0 Å². The molecule has 0 N–H and O–H groups in total. The molecule has 29 heavy (non-hydrogen) atoms. The molecule has 168 valence electrons. The van der Waals surface area contributed by atoms with E-state index in [0.29, 0.717) is 0 Å². The van der Waals surface area contributed by atoms with E-state index in [1.54, 1.807) is 0 Å². The van der Waals surface area contributed by atoms with E-state index >= 15 is 0 Å². The van der Waals surface area contributed by atoms with Gasteiger partial charge in [0.05, 0.1) is 13.0 Å². The maximum atomic E-state index is 12.4. The second-order valence-corrected chi connectivity index (χ2v) is 9.52. The highest BCUT2D eigenvalue weighted by Gasteiger charge is 2.38. The second-order valence-electron chi connectivity index (χ2n) is 9.52. The fourth-order valence-electron chi connectivity index (χ4n) is 4.79. The molecule has 1 aliphatic carbocycles. The molecule has 0 fully saturated rings. The molecule has 0 heterocycles. The molecule has 0 amide bonds. The summed E-state index contributed by atoms with van der Waals surface area (Å²) in [5, 5.41) is 0. The summed E-state index contributed by atoms with van der Waals surface area (Å²) in [6.07, 6.45) is 27.5. The lowest BCUT2D eigenvalue weighted by Gasteiger charge is -2.35.